The fourth-order valence-corrected chi connectivity index (χ4v) is 1.57. The van der Waals surface area contributed by atoms with Gasteiger partial charge in [-0.15, -0.1) is 0 Å². The predicted octanol–water partition coefficient (Wildman–Crippen LogP) is 0.173. The Labute approximate surface area is 78.1 Å². The van der Waals surface area contributed by atoms with E-state index in [9.17, 15) is 8.42 Å². The fraction of sp³-hybridized carbons (Fsp3) is 0.375. The maximum absolute atomic E-state index is 11.0. The first-order valence-electron chi connectivity index (χ1n) is 3.95. The highest BCUT2D eigenvalue weighted by molar-refractivity contribution is 7.89. The Bertz CT molecular complexity index is 348. The van der Waals surface area contributed by atoms with Crippen molar-refractivity contribution >= 4 is 10.0 Å². The van der Waals surface area contributed by atoms with Gasteiger partial charge in [-0.05, 0) is 19.2 Å². The monoisotopic (exact) mass is 200 g/mol. The summed E-state index contributed by atoms with van der Waals surface area (Å²) in [4.78, 5) is 4.02. The summed E-state index contributed by atoms with van der Waals surface area (Å²) in [5.41, 5.74) is 0.793. The molecule has 0 radical (unpaired) electrons. The molecule has 0 aliphatic heterocycles. The van der Waals surface area contributed by atoms with Crippen molar-refractivity contribution in [3.8, 4) is 0 Å². The number of aromatic nitrogens is 1. The molecule has 0 saturated heterocycles. The zero-order valence-electron chi connectivity index (χ0n) is 7.40. The first-order valence-corrected chi connectivity index (χ1v) is 5.60. The van der Waals surface area contributed by atoms with Crippen molar-refractivity contribution in [2.75, 3.05) is 12.8 Å². The van der Waals surface area contributed by atoms with Gasteiger partial charge in [0.2, 0.25) is 10.0 Å². The highest BCUT2D eigenvalue weighted by atomic mass is 32.2. The Hall–Kier alpha value is -0.940. The normalized spacial score (nSPS) is 11.5. The number of nitrogens with zero attached hydrogens (tertiary/aromatic N) is 1. The summed E-state index contributed by atoms with van der Waals surface area (Å²) < 4.78 is 24.3. The lowest BCUT2D eigenvalue weighted by atomic mass is 10.3. The predicted molar refractivity (Wildman–Crippen MR) is 50.8 cm³/mol. The van der Waals surface area contributed by atoms with E-state index in [1.807, 2.05) is 12.1 Å². The van der Waals surface area contributed by atoms with Crippen LogP contribution in [0.15, 0.2) is 24.4 Å². The Kier molecular flexibility index (Phi) is 3.39. The maximum atomic E-state index is 11.0. The van der Waals surface area contributed by atoms with Crippen LogP contribution >= 0.6 is 0 Å². The van der Waals surface area contributed by atoms with E-state index in [1.165, 1.54) is 7.05 Å². The van der Waals surface area contributed by atoms with E-state index >= 15 is 0 Å². The number of hydrogen-bond acceptors (Lipinski definition) is 3. The molecule has 0 spiro atoms. The van der Waals surface area contributed by atoms with Gasteiger partial charge in [0.05, 0.1) is 5.75 Å². The van der Waals surface area contributed by atoms with Crippen molar-refractivity contribution in [1.82, 2.24) is 9.71 Å². The van der Waals surface area contributed by atoms with E-state index in [4.69, 9.17) is 0 Å². The molecule has 0 fully saturated rings. The Morgan fingerprint density at radius 3 is 2.77 bits per heavy atom. The molecule has 1 N–H and O–H groups in total. The molecule has 4 nitrogen and oxygen atoms in total. The average Bonchev–Trinajstić information content (AvgIpc) is 2.17. The van der Waals surface area contributed by atoms with Crippen molar-refractivity contribution < 1.29 is 8.42 Å². The van der Waals surface area contributed by atoms with Crippen LogP contribution in [-0.2, 0) is 16.4 Å². The van der Waals surface area contributed by atoms with Crippen LogP contribution in [-0.4, -0.2) is 26.2 Å². The molecule has 0 aliphatic rings. The number of sulfonamides is 1. The number of aryl methyl sites for hydroxylation is 1. The second kappa shape index (κ2) is 4.34. The molecular formula is C8H12N2O2S. The summed E-state index contributed by atoms with van der Waals surface area (Å²) in [7, 11) is -1.70. The molecule has 0 atom stereocenters. The van der Waals surface area contributed by atoms with Gasteiger partial charge in [-0.3, -0.25) is 4.98 Å². The molecule has 1 aromatic heterocycles. The van der Waals surface area contributed by atoms with Crippen LogP contribution in [0.1, 0.15) is 5.69 Å². The summed E-state index contributed by atoms with van der Waals surface area (Å²) in [5.74, 6) is 0.0838. The first-order chi connectivity index (χ1) is 6.14. The molecule has 5 heteroatoms. The van der Waals surface area contributed by atoms with Gasteiger partial charge in [0.15, 0.2) is 0 Å². The molecule has 1 heterocycles. The van der Waals surface area contributed by atoms with Gasteiger partial charge in [-0.1, -0.05) is 6.07 Å². The zero-order chi connectivity index (χ0) is 9.73. The Balaban J connectivity index is 2.54. The highest BCUT2D eigenvalue weighted by Crippen LogP contribution is 1.96. The molecule has 13 heavy (non-hydrogen) atoms. The van der Waals surface area contributed by atoms with Crippen LogP contribution in [0.4, 0.5) is 0 Å². The topological polar surface area (TPSA) is 59.1 Å². The van der Waals surface area contributed by atoms with Gasteiger partial charge in [-0.25, -0.2) is 13.1 Å². The van der Waals surface area contributed by atoms with E-state index in [0.29, 0.717) is 6.42 Å². The van der Waals surface area contributed by atoms with E-state index < -0.39 is 10.0 Å². The summed E-state index contributed by atoms with van der Waals surface area (Å²) in [6, 6.07) is 5.45. The van der Waals surface area contributed by atoms with Crippen LogP contribution in [0.25, 0.3) is 0 Å². The lowest BCUT2D eigenvalue weighted by molar-refractivity contribution is 0.587. The summed E-state index contributed by atoms with van der Waals surface area (Å²) in [5, 5.41) is 0. The third-order valence-corrected chi connectivity index (χ3v) is 3.03. The smallest absolute Gasteiger partial charge is 0.211 e. The van der Waals surface area contributed by atoms with Crippen molar-refractivity contribution in [2.24, 2.45) is 0 Å². The minimum atomic E-state index is -3.11. The largest absolute Gasteiger partial charge is 0.261 e. The van der Waals surface area contributed by atoms with Crippen molar-refractivity contribution in [3.63, 3.8) is 0 Å². The molecule has 0 aliphatic carbocycles. The van der Waals surface area contributed by atoms with Gasteiger partial charge in [0, 0.05) is 18.3 Å². The third kappa shape index (κ3) is 3.52. The van der Waals surface area contributed by atoms with E-state index in [1.54, 1.807) is 12.3 Å². The summed E-state index contributed by atoms with van der Waals surface area (Å²) in [6.07, 6.45) is 2.10. The van der Waals surface area contributed by atoms with Crippen LogP contribution in [0.3, 0.4) is 0 Å². The van der Waals surface area contributed by atoms with E-state index in [0.717, 1.165) is 5.69 Å². The van der Waals surface area contributed by atoms with Gasteiger partial charge < -0.3 is 0 Å². The van der Waals surface area contributed by atoms with Crippen LogP contribution in [0.2, 0.25) is 0 Å². The molecule has 1 aromatic rings. The molecule has 72 valence electrons. The number of nitrogens with one attached hydrogen (secondary N) is 1. The molecule has 0 aromatic carbocycles. The molecule has 1 rings (SSSR count). The molecule has 0 amide bonds. The van der Waals surface area contributed by atoms with Crippen molar-refractivity contribution in [3.05, 3.63) is 30.1 Å². The van der Waals surface area contributed by atoms with E-state index in [-0.39, 0.29) is 5.75 Å². The van der Waals surface area contributed by atoms with Crippen LogP contribution < -0.4 is 4.72 Å². The SMILES string of the molecule is CNS(=O)(=O)CCc1ccccn1. The molecule has 0 bridgehead atoms. The summed E-state index contributed by atoms with van der Waals surface area (Å²) in [6.45, 7) is 0. The number of hydrogen-bond donors (Lipinski definition) is 1. The second-order valence-electron chi connectivity index (χ2n) is 2.59. The number of rotatable bonds is 4. The lowest BCUT2D eigenvalue weighted by Crippen LogP contribution is -2.23. The first kappa shape index (κ1) is 10.1. The molecular weight excluding hydrogens is 188 g/mol. The van der Waals surface area contributed by atoms with Crippen molar-refractivity contribution in [1.29, 1.82) is 0 Å². The maximum Gasteiger partial charge on any atom is 0.211 e. The van der Waals surface area contributed by atoms with Crippen molar-refractivity contribution in [2.45, 2.75) is 6.42 Å². The quantitative estimate of drug-likeness (QED) is 0.754. The fourth-order valence-electron chi connectivity index (χ4n) is 0.887. The zero-order valence-corrected chi connectivity index (χ0v) is 8.21. The minimum absolute atomic E-state index is 0.0838. The second-order valence-corrected chi connectivity index (χ2v) is 4.64. The highest BCUT2D eigenvalue weighted by Gasteiger charge is 2.06. The average molecular weight is 200 g/mol. The molecule has 0 unspecified atom stereocenters. The van der Waals surface area contributed by atoms with Gasteiger partial charge in [0.25, 0.3) is 0 Å². The van der Waals surface area contributed by atoms with Gasteiger partial charge in [-0.2, -0.15) is 0 Å². The van der Waals surface area contributed by atoms with Crippen LogP contribution in [0.5, 0.6) is 0 Å². The Morgan fingerprint density at radius 2 is 2.23 bits per heavy atom. The molecule has 0 saturated carbocycles. The standard InChI is InChI=1S/C8H12N2O2S/c1-9-13(11,12)7-5-8-4-2-3-6-10-8/h2-4,6,9H,5,7H2,1H3. The summed E-state index contributed by atoms with van der Waals surface area (Å²) >= 11 is 0. The minimum Gasteiger partial charge on any atom is -0.261 e. The van der Waals surface area contributed by atoms with Gasteiger partial charge in [0.1, 0.15) is 0 Å². The Morgan fingerprint density at radius 1 is 1.46 bits per heavy atom. The van der Waals surface area contributed by atoms with Crippen LogP contribution in [0, 0.1) is 0 Å². The van der Waals surface area contributed by atoms with Gasteiger partial charge >= 0.3 is 0 Å². The third-order valence-electron chi connectivity index (χ3n) is 1.66. The lowest BCUT2D eigenvalue weighted by Gasteiger charge is -2.00. The number of pyridine rings is 1. The van der Waals surface area contributed by atoms with E-state index in [2.05, 4.69) is 9.71 Å².